The average Bonchev–Trinajstić information content (AvgIpc) is 3.44. The lowest BCUT2D eigenvalue weighted by molar-refractivity contribution is 0.336. The van der Waals surface area contributed by atoms with Crippen LogP contribution < -0.4 is 0 Å². The molecule has 0 fully saturated rings. The van der Waals surface area contributed by atoms with Crippen LogP contribution in [-0.4, -0.2) is 0 Å². The molecule has 0 bridgehead atoms. The molecule has 1 spiro atoms. The van der Waals surface area contributed by atoms with Crippen molar-refractivity contribution >= 4 is 21.9 Å². The Labute approximate surface area is 251 Å². The highest BCUT2D eigenvalue weighted by atomic mass is 14.6. The molecule has 4 aliphatic rings. The van der Waals surface area contributed by atoms with Gasteiger partial charge in [-0.1, -0.05) is 132 Å². The zero-order valence-corrected chi connectivity index (χ0v) is 26.7. The highest BCUT2D eigenvalue weighted by molar-refractivity contribution is 6.13. The van der Waals surface area contributed by atoms with Gasteiger partial charge >= 0.3 is 0 Å². The van der Waals surface area contributed by atoms with E-state index in [1.54, 1.807) is 16.7 Å². The van der Waals surface area contributed by atoms with Crippen molar-refractivity contribution in [1.82, 2.24) is 0 Å². The van der Waals surface area contributed by atoms with E-state index >= 15 is 0 Å². The summed E-state index contributed by atoms with van der Waals surface area (Å²) in [7, 11) is 0. The van der Waals surface area contributed by atoms with Gasteiger partial charge in [0.2, 0.25) is 0 Å². The van der Waals surface area contributed by atoms with Gasteiger partial charge in [0.15, 0.2) is 0 Å². The molecule has 4 aromatic rings. The predicted molar refractivity (Wildman–Crippen MR) is 180 cm³/mol. The van der Waals surface area contributed by atoms with Gasteiger partial charge in [0.05, 0.1) is 0 Å². The van der Waals surface area contributed by atoms with Gasteiger partial charge in [0.25, 0.3) is 0 Å². The largest absolute Gasteiger partial charge is 0.0682 e. The quantitative estimate of drug-likeness (QED) is 0.223. The molecule has 8 rings (SSSR count). The van der Waals surface area contributed by atoms with E-state index in [1.807, 2.05) is 0 Å². The van der Waals surface area contributed by atoms with Crippen LogP contribution in [0.25, 0.3) is 33.0 Å². The fraction of sp³-hybridized carbons (Fsp3) is 0.333. The highest BCUT2D eigenvalue weighted by Crippen LogP contribution is 2.68. The summed E-state index contributed by atoms with van der Waals surface area (Å²) in [6.45, 7) is 21.7. The Bertz CT molecular complexity index is 1980. The van der Waals surface area contributed by atoms with Crippen LogP contribution in [-0.2, 0) is 16.2 Å². The van der Waals surface area contributed by atoms with Gasteiger partial charge in [-0.05, 0) is 105 Å². The van der Waals surface area contributed by atoms with E-state index in [9.17, 15) is 0 Å². The Morgan fingerprint density at radius 1 is 0.643 bits per heavy atom. The molecule has 4 aliphatic carbocycles. The van der Waals surface area contributed by atoms with Crippen LogP contribution >= 0.6 is 0 Å². The molecule has 0 aliphatic heterocycles. The van der Waals surface area contributed by atoms with Crippen LogP contribution in [0, 0.1) is 18.8 Å². The van der Waals surface area contributed by atoms with Crippen molar-refractivity contribution in [2.45, 2.75) is 78.6 Å². The molecular weight excluding hydrogens is 504 g/mol. The molecule has 0 radical (unpaired) electrons. The van der Waals surface area contributed by atoms with Crippen molar-refractivity contribution in [2.75, 3.05) is 0 Å². The lowest BCUT2D eigenvalue weighted by Gasteiger charge is -2.44. The normalized spacial score (nSPS) is 24.0. The summed E-state index contributed by atoms with van der Waals surface area (Å²) in [5, 5.41) is 2.81. The Kier molecular flexibility index (Phi) is 4.98. The van der Waals surface area contributed by atoms with Crippen LogP contribution in [0.4, 0.5) is 0 Å². The van der Waals surface area contributed by atoms with E-state index in [2.05, 4.69) is 141 Å². The molecule has 2 unspecified atom stereocenters. The maximum Gasteiger partial charge on any atom is 0.0473 e. The molecule has 42 heavy (non-hydrogen) atoms. The number of hydrogen-bond acceptors (Lipinski definition) is 0. The van der Waals surface area contributed by atoms with Crippen molar-refractivity contribution in [2.24, 2.45) is 11.8 Å². The van der Waals surface area contributed by atoms with E-state index in [4.69, 9.17) is 0 Å². The van der Waals surface area contributed by atoms with Crippen LogP contribution in [0.5, 0.6) is 0 Å². The monoisotopic (exact) mass is 546 g/mol. The number of fused-ring (bicyclic) bond motifs is 12. The molecule has 2 atom stereocenters. The first kappa shape index (κ1) is 26.0. The third-order valence-corrected chi connectivity index (χ3v) is 11.4. The highest BCUT2D eigenvalue weighted by Gasteiger charge is 2.56. The predicted octanol–water partition coefficient (Wildman–Crippen LogP) is 11.1. The van der Waals surface area contributed by atoms with Crippen molar-refractivity contribution in [3.63, 3.8) is 0 Å². The van der Waals surface area contributed by atoms with Gasteiger partial charge in [-0.15, -0.1) is 0 Å². The van der Waals surface area contributed by atoms with E-state index < -0.39 is 0 Å². The SMILES string of the molecule is CC1=CC2(c3ccc4c(c3-c3cc(C)c5ccccc5c32)C(C)(C)C2=C4C(C)(C)c3ccccc32)C(C(C)C)C(C)=C1. The number of aryl methyl sites for hydroxylation is 1. The Morgan fingerprint density at radius 2 is 1.31 bits per heavy atom. The van der Waals surface area contributed by atoms with E-state index in [0.29, 0.717) is 11.8 Å². The lowest BCUT2D eigenvalue weighted by Crippen LogP contribution is -2.39. The first-order valence-electron chi connectivity index (χ1n) is 15.9. The summed E-state index contributed by atoms with van der Waals surface area (Å²) in [5.74, 6) is 0.895. The molecule has 0 heterocycles. The molecule has 0 saturated heterocycles. The first-order valence-corrected chi connectivity index (χ1v) is 15.9. The topological polar surface area (TPSA) is 0 Å². The minimum absolute atomic E-state index is 0.0256. The molecule has 0 amide bonds. The Hall–Kier alpha value is -3.64. The molecule has 0 heteroatoms. The maximum absolute atomic E-state index is 2.64. The maximum atomic E-state index is 2.64. The van der Waals surface area contributed by atoms with Gasteiger partial charge < -0.3 is 0 Å². The van der Waals surface area contributed by atoms with Crippen LogP contribution in [0.3, 0.4) is 0 Å². The zero-order chi connectivity index (χ0) is 29.5. The molecule has 0 aromatic heterocycles. The molecule has 210 valence electrons. The molecule has 0 nitrogen and oxygen atoms in total. The summed E-state index contributed by atoms with van der Waals surface area (Å²) < 4.78 is 0. The molecule has 0 saturated carbocycles. The fourth-order valence-corrected chi connectivity index (χ4v) is 10.3. The van der Waals surface area contributed by atoms with Gasteiger partial charge in [0.1, 0.15) is 0 Å². The van der Waals surface area contributed by atoms with Crippen molar-refractivity contribution < 1.29 is 0 Å². The van der Waals surface area contributed by atoms with Gasteiger partial charge in [0, 0.05) is 16.2 Å². The second-order valence-corrected chi connectivity index (χ2v) is 15.0. The number of rotatable bonds is 1. The molecule has 4 aromatic carbocycles. The second-order valence-electron chi connectivity index (χ2n) is 15.0. The van der Waals surface area contributed by atoms with Gasteiger partial charge in [-0.2, -0.15) is 0 Å². The average molecular weight is 547 g/mol. The molecular formula is C42H42. The Balaban J connectivity index is 1.55. The van der Waals surface area contributed by atoms with Crippen molar-refractivity contribution in [3.8, 4) is 11.1 Å². The first-order chi connectivity index (χ1) is 19.9. The van der Waals surface area contributed by atoms with E-state index in [1.165, 1.54) is 66.4 Å². The van der Waals surface area contributed by atoms with Crippen molar-refractivity contribution in [3.05, 3.63) is 129 Å². The minimum atomic E-state index is -0.194. The summed E-state index contributed by atoms with van der Waals surface area (Å²) >= 11 is 0. The third-order valence-electron chi connectivity index (χ3n) is 11.4. The number of allylic oxidation sites excluding steroid dienone is 6. The minimum Gasteiger partial charge on any atom is -0.0682 e. The summed E-state index contributed by atoms with van der Waals surface area (Å²) in [5.41, 5.74) is 18.9. The summed E-state index contributed by atoms with van der Waals surface area (Å²) in [4.78, 5) is 0. The number of hydrogen-bond donors (Lipinski definition) is 0. The summed E-state index contributed by atoms with van der Waals surface area (Å²) in [6.07, 6.45) is 5.09. The van der Waals surface area contributed by atoms with Crippen molar-refractivity contribution in [1.29, 1.82) is 0 Å². The van der Waals surface area contributed by atoms with Crippen LogP contribution in [0.1, 0.15) is 94.3 Å². The van der Waals surface area contributed by atoms with E-state index in [0.717, 1.165) is 0 Å². The lowest BCUT2D eigenvalue weighted by atomic mass is 9.58. The number of benzene rings is 4. The van der Waals surface area contributed by atoms with Gasteiger partial charge in [-0.3, -0.25) is 0 Å². The van der Waals surface area contributed by atoms with Crippen LogP contribution in [0.15, 0.2) is 90.0 Å². The second kappa shape index (κ2) is 8.04. The van der Waals surface area contributed by atoms with E-state index in [-0.39, 0.29) is 16.2 Å². The smallest absolute Gasteiger partial charge is 0.0473 e. The standard InChI is InChI=1S/C42H42/c1-23(2)35-26(5)20-24(3)22-42(35)33-19-18-30-37(34(33)31-21-25(4)27-14-10-11-15-28(27)36(31)42)41(8,9)38-29-16-12-13-17-32(29)40(6,7)39(30)38/h10-23,35H,1-9H3. The Morgan fingerprint density at radius 3 is 2.05 bits per heavy atom. The third kappa shape index (κ3) is 2.85. The fourth-order valence-electron chi connectivity index (χ4n) is 10.3. The van der Waals surface area contributed by atoms with Crippen LogP contribution in [0.2, 0.25) is 0 Å². The summed E-state index contributed by atoms with van der Waals surface area (Å²) in [6, 6.07) is 25.9. The zero-order valence-electron chi connectivity index (χ0n) is 26.7. The van der Waals surface area contributed by atoms with Gasteiger partial charge in [-0.25, -0.2) is 0 Å². The molecule has 0 N–H and O–H groups in total.